The molecule has 0 aromatic heterocycles. The van der Waals surface area contributed by atoms with Gasteiger partial charge in [0.25, 0.3) is 0 Å². The fraction of sp³-hybridized carbons (Fsp3) is 0.571. The second kappa shape index (κ2) is 4.88. The minimum atomic E-state index is 0.384. The molecule has 0 spiro atoms. The Morgan fingerprint density at radius 1 is 1.25 bits per heavy atom. The van der Waals surface area contributed by atoms with E-state index in [1.54, 1.807) is 0 Å². The lowest BCUT2D eigenvalue weighted by Crippen LogP contribution is -2.34. The molecule has 88 valence electrons. The first kappa shape index (κ1) is 11.5. The van der Waals surface area contributed by atoms with Crippen molar-refractivity contribution in [2.45, 2.75) is 45.1 Å². The highest BCUT2D eigenvalue weighted by atomic mass is 14.7. The molecular weight excluding hydrogens is 196 g/mol. The molecule has 1 saturated carbocycles. The molecule has 4 N–H and O–H groups in total. The third-order valence-corrected chi connectivity index (χ3v) is 3.82. The zero-order chi connectivity index (χ0) is 11.5. The van der Waals surface area contributed by atoms with Crippen molar-refractivity contribution >= 4 is 5.69 Å². The van der Waals surface area contributed by atoms with Crippen LogP contribution in [0.25, 0.3) is 0 Å². The molecule has 1 aromatic rings. The average Bonchev–Trinajstić information content (AvgIpc) is 2.27. The molecule has 1 aliphatic rings. The Morgan fingerprint density at radius 2 is 2.00 bits per heavy atom. The van der Waals surface area contributed by atoms with Crippen LogP contribution < -0.4 is 11.5 Å². The molecular formula is C14H22N2. The summed E-state index contributed by atoms with van der Waals surface area (Å²) < 4.78 is 0. The van der Waals surface area contributed by atoms with Crippen LogP contribution in [-0.4, -0.2) is 6.04 Å². The van der Waals surface area contributed by atoms with Gasteiger partial charge in [-0.2, -0.15) is 0 Å². The molecule has 2 heteroatoms. The Morgan fingerprint density at radius 3 is 2.75 bits per heavy atom. The minimum Gasteiger partial charge on any atom is -0.399 e. The molecule has 0 aliphatic heterocycles. The third-order valence-electron chi connectivity index (χ3n) is 3.82. The molecule has 0 radical (unpaired) electrons. The molecule has 2 atom stereocenters. The molecule has 2 rings (SSSR count). The summed E-state index contributed by atoms with van der Waals surface area (Å²) in [6.45, 7) is 2.16. The molecule has 0 heterocycles. The smallest absolute Gasteiger partial charge is 0.0316 e. The van der Waals surface area contributed by atoms with E-state index in [0.717, 1.165) is 12.1 Å². The van der Waals surface area contributed by atoms with E-state index in [-0.39, 0.29) is 0 Å². The molecule has 16 heavy (non-hydrogen) atoms. The van der Waals surface area contributed by atoms with Crippen LogP contribution in [0.3, 0.4) is 0 Å². The van der Waals surface area contributed by atoms with Crippen molar-refractivity contribution in [3.63, 3.8) is 0 Å². The first-order chi connectivity index (χ1) is 7.66. The van der Waals surface area contributed by atoms with Gasteiger partial charge in [-0.25, -0.2) is 0 Å². The summed E-state index contributed by atoms with van der Waals surface area (Å²) in [4.78, 5) is 0. The largest absolute Gasteiger partial charge is 0.399 e. The second-order valence-corrected chi connectivity index (χ2v) is 5.10. The number of rotatable bonds is 2. The van der Waals surface area contributed by atoms with Crippen LogP contribution >= 0.6 is 0 Å². The number of hydrogen-bond acceptors (Lipinski definition) is 2. The minimum absolute atomic E-state index is 0.384. The van der Waals surface area contributed by atoms with E-state index in [4.69, 9.17) is 11.5 Å². The summed E-state index contributed by atoms with van der Waals surface area (Å²) in [6, 6.07) is 6.57. The standard InChI is InChI=1S/C14H22N2/c1-10-6-7-13(15)9-12(10)8-11-4-2-3-5-14(11)16/h6-7,9,11,14H,2-5,8,15-16H2,1H3. The molecule has 2 nitrogen and oxygen atoms in total. The lowest BCUT2D eigenvalue weighted by molar-refractivity contribution is 0.306. The molecule has 2 unspecified atom stereocenters. The zero-order valence-electron chi connectivity index (χ0n) is 10.1. The summed E-state index contributed by atoms with van der Waals surface area (Å²) in [5.74, 6) is 0.647. The SMILES string of the molecule is Cc1ccc(N)cc1CC1CCCCC1N. The first-order valence-corrected chi connectivity index (χ1v) is 6.27. The average molecular weight is 218 g/mol. The fourth-order valence-corrected chi connectivity index (χ4v) is 2.68. The Bertz CT molecular complexity index is 360. The van der Waals surface area contributed by atoms with Gasteiger partial charge in [-0.3, -0.25) is 0 Å². The predicted molar refractivity (Wildman–Crippen MR) is 69.2 cm³/mol. The maximum atomic E-state index is 6.18. The van der Waals surface area contributed by atoms with Crippen LogP contribution in [0.5, 0.6) is 0 Å². The zero-order valence-corrected chi connectivity index (χ0v) is 10.1. The summed E-state index contributed by atoms with van der Waals surface area (Å²) >= 11 is 0. The van der Waals surface area contributed by atoms with Gasteiger partial charge < -0.3 is 11.5 Å². The summed E-state index contributed by atoms with van der Waals surface area (Å²) in [7, 11) is 0. The number of hydrogen-bond donors (Lipinski definition) is 2. The second-order valence-electron chi connectivity index (χ2n) is 5.10. The molecule has 0 bridgehead atoms. The number of benzene rings is 1. The van der Waals surface area contributed by atoms with Crippen LogP contribution in [-0.2, 0) is 6.42 Å². The molecule has 0 amide bonds. The Kier molecular flexibility index (Phi) is 3.49. The molecule has 0 saturated heterocycles. The maximum absolute atomic E-state index is 6.18. The van der Waals surface area contributed by atoms with Gasteiger partial charge in [-0.1, -0.05) is 18.9 Å². The lowest BCUT2D eigenvalue weighted by atomic mass is 9.80. The van der Waals surface area contributed by atoms with Gasteiger partial charge in [0, 0.05) is 11.7 Å². The van der Waals surface area contributed by atoms with Crippen LogP contribution in [0.1, 0.15) is 36.8 Å². The molecule has 1 fully saturated rings. The number of anilines is 1. The van der Waals surface area contributed by atoms with Gasteiger partial charge in [0.05, 0.1) is 0 Å². The normalized spacial score (nSPS) is 25.6. The monoisotopic (exact) mass is 218 g/mol. The van der Waals surface area contributed by atoms with Crippen molar-refractivity contribution in [1.82, 2.24) is 0 Å². The van der Waals surface area contributed by atoms with E-state index < -0.39 is 0 Å². The van der Waals surface area contributed by atoms with E-state index >= 15 is 0 Å². The predicted octanol–water partition coefficient (Wildman–Crippen LogP) is 2.64. The summed E-state index contributed by atoms with van der Waals surface area (Å²) in [5.41, 5.74) is 15.6. The lowest BCUT2D eigenvalue weighted by Gasteiger charge is -2.29. The highest BCUT2D eigenvalue weighted by Crippen LogP contribution is 2.27. The van der Waals surface area contributed by atoms with Crippen molar-refractivity contribution in [2.75, 3.05) is 5.73 Å². The van der Waals surface area contributed by atoms with Crippen LogP contribution in [0.2, 0.25) is 0 Å². The highest BCUT2D eigenvalue weighted by molar-refractivity contribution is 5.44. The van der Waals surface area contributed by atoms with E-state index in [0.29, 0.717) is 12.0 Å². The van der Waals surface area contributed by atoms with Crippen molar-refractivity contribution < 1.29 is 0 Å². The Labute approximate surface area is 98.0 Å². The van der Waals surface area contributed by atoms with Crippen LogP contribution in [0, 0.1) is 12.8 Å². The van der Waals surface area contributed by atoms with Gasteiger partial charge in [-0.15, -0.1) is 0 Å². The van der Waals surface area contributed by atoms with Gasteiger partial charge >= 0.3 is 0 Å². The fourth-order valence-electron chi connectivity index (χ4n) is 2.68. The van der Waals surface area contributed by atoms with E-state index in [9.17, 15) is 0 Å². The topological polar surface area (TPSA) is 52.0 Å². The van der Waals surface area contributed by atoms with E-state index in [1.165, 1.54) is 36.8 Å². The summed E-state index contributed by atoms with van der Waals surface area (Å²) in [6.07, 6.45) is 6.19. The van der Waals surface area contributed by atoms with Crippen molar-refractivity contribution in [2.24, 2.45) is 11.7 Å². The van der Waals surface area contributed by atoms with Crippen molar-refractivity contribution in [3.05, 3.63) is 29.3 Å². The van der Waals surface area contributed by atoms with E-state index in [1.807, 2.05) is 6.07 Å². The van der Waals surface area contributed by atoms with Crippen molar-refractivity contribution in [3.8, 4) is 0 Å². The quantitative estimate of drug-likeness (QED) is 0.750. The maximum Gasteiger partial charge on any atom is 0.0316 e. The highest BCUT2D eigenvalue weighted by Gasteiger charge is 2.22. The van der Waals surface area contributed by atoms with Gasteiger partial charge in [0.1, 0.15) is 0 Å². The number of nitrogens with two attached hydrogens (primary N) is 2. The van der Waals surface area contributed by atoms with E-state index in [2.05, 4.69) is 19.1 Å². The van der Waals surface area contributed by atoms with Gasteiger partial charge in [0.2, 0.25) is 0 Å². The van der Waals surface area contributed by atoms with Crippen LogP contribution in [0.4, 0.5) is 5.69 Å². The molecule has 1 aromatic carbocycles. The number of aryl methyl sites for hydroxylation is 1. The van der Waals surface area contributed by atoms with Crippen molar-refractivity contribution in [1.29, 1.82) is 0 Å². The molecule has 1 aliphatic carbocycles. The summed E-state index contributed by atoms with van der Waals surface area (Å²) in [5, 5.41) is 0. The Hall–Kier alpha value is -1.02. The van der Waals surface area contributed by atoms with Crippen LogP contribution in [0.15, 0.2) is 18.2 Å². The van der Waals surface area contributed by atoms with Gasteiger partial charge in [-0.05, 0) is 55.4 Å². The van der Waals surface area contributed by atoms with Gasteiger partial charge in [0.15, 0.2) is 0 Å². The number of nitrogen functional groups attached to an aromatic ring is 1. The first-order valence-electron chi connectivity index (χ1n) is 6.27. The Balaban J connectivity index is 2.10. The third kappa shape index (κ3) is 2.56.